The summed E-state index contributed by atoms with van der Waals surface area (Å²) in [6.07, 6.45) is 3.31. The summed E-state index contributed by atoms with van der Waals surface area (Å²) in [7, 11) is 0. The fourth-order valence-electron chi connectivity index (χ4n) is 3.49. The molecule has 1 N–H and O–H groups in total. The van der Waals surface area contributed by atoms with Gasteiger partial charge in [0.15, 0.2) is 5.76 Å². The maximum Gasteiger partial charge on any atom is 0.290 e. The minimum Gasteiger partial charge on any atom is -0.503 e. The van der Waals surface area contributed by atoms with Crippen molar-refractivity contribution in [3.63, 3.8) is 0 Å². The molecule has 1 unspecified atom stereocenters. The van der Waals surface area contributed by atoms with Gasteiger partial charge >= 0.3 is 0 Å². The molecule has 1 aromatic carbocycles. The molecule has 6 heteroatoms. The van der Waals surface area contributed by atoms with Crippen LogP contribution in [0.5, 0.6) is 0 Å². The van der Waals surface area contributed by atoms with E-state index in [1.54, 1.807) is 34.8 Å². The SMILES string of the molecule is Cc1ccccc1C1C(C(=O)c2cccs2)=C(O)C(=O)N1Cc1ccncc1. The number of carbonyl (C=O) groups excluding carboxylic acids is 2. The van der Waals surface area contributed by atoms with Crippen molar-refractivity contribution in [1.82, 2.24) is 9.88 Å². The van der Waals surface area contributed by atoms with E-state index >= 15 is 0 Å². The van der Waals surface area contributed by atoms with Gasteiger partial charge in [-0.2, -0.15) is 0 Å². The van der Waals surface area contributed by atoms with E-state index in [1.165, 1.54) is 11.3 Å². The molecule has 0 spiro atoms. The number of carbonyl (C=O) groups is 2. The van der Waals surface area contributed by atoms with Crippen LogP contribution in [0.15, 0.2) is 77.6 Å². The second-order valence-corrected chi connectivity index (χ2v) is 7.56. The normalized spacial score (nSPS) is 16.7. The fraction of sp³-hybridized carbons (Fsp3) is 0.136. The summed E-state index contributed by atoms with van der Waals surface area (Å²) in [5.74, 6) is -1.32. The van der Waals surface area contributed by atoms with E-state index in [9.17, 15) is 14.7 Å². The van der Waals surface area contributed by atoms with Crippen molar-refractivity contribution < 1.29 is 14.7 Å². The van der Waals surface area contributed by atoms with Crippen LogP contribution in [0, 0.1) is 6.92 Å². The highest BCUT2D eigenvalue weighted by Crippen LogP contribution is 2.41. The Balaban J connectivity index is 1.82. The van der Waals surface area contributed by atoms with Gasteiger partial charge in [0, 0.05) is 18.9 Å². The van der Waals surface area contributed by atoms with Gasteiger partial charge in [-0.25, -0.2) is 0 Å². The standard InChI is InChI=1S/C22H18N2O3S/c1-14-5-2-3-6-16(14)19-18(20(25)17-7-4-12-28-17)21(26)22(27)24(19)13-15-8-10-23-11-9-15/h2-12,19,26H,13H2,1H3. The Morgan fingerprint density at radius 3 is 2.57 bits per heavy atom. The molecule has 0 aliphatic carbocycles. The third-order valence-electron chi connectivity index (χ3n) is 4.88. The third kappa shape index (κ3) is 3.12. The topological polar surface area (TPSA) is 70.5 Å². The van der Waals surface area contributed by atoms with Gasteiger partial charge in [-0.1, -0.05) is 30.3 Å². The smallest absolute Gasteiger partial charge is 0.290 e. The van der Waals surface area contributed by atoms with Crippen LogP contribution in [0.1, 0.15) is 32.4 Å². The third-order valence-corrected chi connectivity index (χ3v) is 5.75. The fourth-order valence-corrected chi connectivity index (χ4v) is 4.17. The van der Waals surface area contributed by atoms with Crippen LogP contribution in [0.2, 0.25) is 0 Å². The monoisotopic (exact) mass is 390 g/mol. The number of aliphatic hydroxyl groups is 1. The van der Waals surface area contributed by atoms with Crippen molar-refractivity contribution in [1.29, 1.82) is 0 Å². The Morgan fingerprint density at radius 2 is 1.89 bits per heavy atom. The quantitative estimate of drug-likeness (QED) is 0.662. The van der Waals surface area contributed by atoms with Crippen molar-refractivity contribution in [3.05, 3.63) is 99.2 Å². The summed E-state index contributed by atoms with van der Waals surface area (Å²) in [5, 5.41) is 12.5. The Morgan fingerprint density at radius 1 is 1.14 bits per heavy atom. The largest absolute Gasteiger partial charge is 0.503 e. The summed E-state index contributed by atoms with van der Waals surface area (Å²) >= 11 is 1.29. The lowest BCUT2D eigenvalue weighted by molar-refractivity contribution is -0.130. The number of hydrogen-bond acceptors (Lipinski definition) is 5. The molecule has 3 heterocycles. The van der Waals surface area contributed by atoms with Crippen molar-refractivity contribution in [2.75, 3.05) is 0 Å². The van der Waals surface area contributed by atoms with Crippen molar-refractivity contribution in [2.24, 2.45) is 0 Å². The molecule has 3 aromatic rings. The van der Waals surface area contributed by atoms with Gasteiger partial charge in [-0.15, -0.1) is 11.3 Å². The van der Waals surface area contributed by atoms with E-state index in [4.69, 9.17) is 0 Å². The average Bonchev–Trinajstić information content (AvgIpc) is 3.32. The number of benzene rings is 1. The number of pyridine rings is 1. The van der Waals surface area contributed by atoms with Gasteiger partial charge in [-0.3, -0.25) is 14.6 Å². The van der Waals surface area contributed by atoms with Gasteiger partial charge in [0.2, 0.25) is 5.78 Å². The van der Waals surface area contributed by atoms with Crippen LogP contribution in [-0.2, 0) is 11.3 Å². The molecule has 5 nitrogen and oxygen atoms in total. The van der Waals surface area contributed by atoms with E-state index in [2.05, 4.69) is 4.98 Å². The number of amides is 1. The molecule has 1 aliphatic rings. The maximum atomic E-state index is 13.2. The van der Waals surface area contributed by atoms with E-state index < -0.39 is 17.7 Å². The van der Waals surface area contributed by atoms with Crippen LogP contribution in [0.25, 0.3) is 0 Å². The maximum absolute atomic E-state index is 13.2. The molecule has 0 fully saturated rings. The molecule has 28 heavy (non-hydrogen) atoms. The average molecular weight is 390 g/mol. The number of aromatic nitrogens is 1. The molecule has 0 bridgehead atoms. The predicted octanol–water partition coefficient (Wildman–Crippen LogP) is 4.23. The van der Waals surface area contributed by atoms with E-state index in [-0.39, 0.29) is 17.9 Å². The van der Waals surface area contributed by atoms with Crippen molar-refractivity contribution >= 4 is 23.0 Å². The predicted molar refractivity (Wildman–Crippen MR) is 107 cm³/mol. The summed E-state index contributed by atoms with van der Waals surface area (Å²) in [4.78, 5) is 32.2. The van der Waals surface area contributed by atoms with E-state index in [1.807, 2.05) is 43.3 Å². The summed E-state index contributed by atoms with van der Waals surface area (Å²) in [5.41, 5.74) is 2.79. The van der Waals surface area contributed by atoms with Gasteiger partial charge in [-0.05, 0) is 47.2 Å². The first kappa shape index (κ1) is 18.1. The first-order chi connectivity index (χ1) is 13.6. The molecule has 2 aromatic heterocycles. The second-order valence-electron chi connectivity index (χ2n) is 6.62. The van der Waals surface area contributed by atoms with Crippen LogP contribution < -0.4 is 0 Å². The number of aliphatic hydroxyl groups excluding tert-OH is 1. The van der Waals surface area contributed by atoms with Crippen molar-refractivity contribution in [3.8, 4) is 0 Å². The first-order valence-electron chi connectivity index (χ1n) is 8.84. The summed E-state index contributed by atoms with van der Waals surface area (Å²) in [6, 6.07) is 14.1. The first-order valence-corrected chi connectivity index (χ1v) is 9.72. The number of thiophene rings is 1. The van der Waals surface area contributed by atoms with Gasteiger partial charge in [0.25, 0.3) is 5.91 Å². The minimum atomic E-state index is -0.642. The number of aryl methyl sites for hydroxylation is 1. The van der Waals surface area contributed by atoms with Crippen LogP contribution in [-0.4, -0.2) is 26.7 Å². The number of nitrogens with zero attached hydrogens (tertiary/aromatic N) is 2. The van der Waals surface area contributed by atoms with Gasteiger partial charge in [0.05, 0.1) is 16.5 Å². The zero-order chi connectivity index (χ0) is 19.7. The highest BCUT2D eigenvalue weighted by Gasteiger charge is 2.44. The lowest BCUT2D eigenvalue weighted by Gasteiger charge is -2.28. The summed E-state index contributed by atoms with van der Waals surface area (Å²) < 4.78 is 0. The van der Waals surface area contributed by atoms with Crippen molar-refractivity contribution in [2.45, 2.75) is 19.5 Å². The van der Waals surface area contributed by atoms with Crippen LogP contribution in [0.3, 0.4) is 0 Å². The second kappa shape index (κ2) is 7.40. The minimum absolute atomic E-state index is 0.135. The molecule has 1 aliphatic heterocycles. The highest BCUT2D eigenvalue weighted by molar-refractivity contribution is 7.12. The molecule has 0 saturated carbocycles. The molecular formula is C22H18N2O3S. The van der Waals surface area contributed by atoms with Crippen LogP contribution in [0.4, 0.5) is 0 Å². The Bertz CT molecular complexity index is 1060. The van der Waals surface area contributed by atoms with Gasteiger partial charge < -0.3 is 10.0 Å². The lowest BCUT2D eigenvalue weighted by atomic mass is 9.92. The Kier molecular flexibility index (Phi) is 4.79. The zero-order valence-electron chi connectivity index (χ0n) is 15.2. The number of hydrogen-bond donors (Lipinski definition) is 1. The Labute approximate surface area is 166 Å². The van der Waals surface area contributed by atoms with Crippen LogP contribution >= 0.6 is 11.3 Å². The van der Waals surface area contributed by atoms with E-state index in [0.29, 0.717) is 4.88 Å². The number of Topliss-reactive ketones (excluding diaryl/α,β-unsaturated/α-hetero) is 1. The molecule has 0 radical (unpaired) electrons. The zero-order valence-corrected chi connectivity index (χ0v) is 16.0. The molecule has 1 atom stereocenters. The Hall–Kier alpha value is -3.25. The number of rotatable bonds is 5. The molecule has 4 rings (SSSR count). The van der Waals surface area contributed by atoms with E-state index in [0.717, 1.165) is 16.7 Å². The van der Waals surface area contributed by atoms with Gasteiger partial charge in [0.1, 0.15) is 0 Å². The molecular weight excluding hydrogens is 372 g/mol. The molecule has 140 valence electrons. The molecule has 1 amide bonds. The number of ketones is 1. The molecule has 0 saturated heterocycles. The summed E-state index contributed by atoms with van der Waals surface area (Å²) in [6.45, 7) is 2.21. The highest BCUT2D eigenvalue weighted by atomic mass is 32.1. The lowest BCUT2D eigenvalue weighted by Crippen LogP contribution is -2.31.